The number of hydrogen-bond donors (Lipinski definition) is 0. The van der Waals surface area contributed by atoms with Gasteiger partial charge in [0.1, 0.15) is 0 Å². The Balaban J connectivity index is 2.05. The van der Waals surface area contributed by atoms with Gasteiger partial charge in [-0.2, -0.15) is 0 Å². The van der Waals surface area contributed by atoms with Crippen molar-refractivity contribution in [3.8, 4) is 0 Å². The molecule has 0 heterocycles. The minimum atomic E-state index is -0.110. The molecule has 78 valence electrons. The normalized spacial score (nSPS) is 16.6. The molecule has 1 aliphatic carbocycles. The van der Waals surface area contributed by atoms with Crippen LogP contribution in [0.5, 0.6) is 0 Å². The van der Waals surface area contributed by atoms with Crippen molar-refractivity contribution in [3.05, 3.63) is 24.3 Å². The second-order valence-electron chi connectivity index (χ2n) is 3.58. The van der Waals surface area contributed by atoms with Crippen LogP contribution in [-0.4, -0.2) is 12.6 Å². The molecule has 0 aromatic heterocycles. The molecule has 0 bridgehead atoms. The van der Waals surface area contributed by atoms with Crippen LogP contribution in [0.15, 0.2) is 24.3 Å². The molecule has 0 N–H and O–H groups in total. The quantitative estimate of drug-likeness (QED) is 0.497. The first kappa shape index (κ1) is 11.0. The summed E-state index contributed by atoms with van der Waals surface area (Å²) in [5, 5.41) is 0. The van der Waals surface area contributed by atoms with E-state index < -0.39 is 0 Å². The summed E-state index contributed by atoms with van der Waals surface area (Å²) in [6.45, 7) is 2.62. The standard InChI is InChI=1S/C12H18O2/c1-2-3-4-9-12(13)14-10-11-7-5-6-8-11/h3-6,11H,2,7-10H2,1H3. The van der Waals surface area contributed by atoms with Crippen LogP contribution in [0.3, 0.4) is 0 Å². The fourth-order valence-electron chi connectivity index (χ4n) is 1.43. The third-order valence-corrected chi connectivity index (χ3v) is 2.27. The van der Waals surface area contributed by atoms with Gasteiger partial charge in [0.05, 0.1) is 13.0 Å². The molecule has 0 spiro atoms. The van der Waals surface area contributed by atoms with Gasteiger partial charge < -0.3 is 4.74 Å². The Bertz CT molecular complexity index is 220. The van der Waals surface area contributed by atoms with Crippen LogP contribution in [0.25, 0.3) is 0 Å². The Kier molecular flexibility index (Phi) is 5.05. The van der Waals surface area contributed by atoms with E-state index in [9.17, 15) is 4.79 Å². The van der Waals surface area contributed by atoms with E-state index in [-0.39, 0.29) is 5.97 Å². The summed E-state index contributed by atoms with van der Waals surface area (Å²) in [4.78, 5) is 11.2. The lowest BCUT2D eigenvalue weighted by atomic mass is 10.1. The summed E-state index contributed by atoms with van der Waals surface area (Å²) in [7, 11) is 0. The van der Waals surface area contributed by atoms with E-state index in [2.05, 4.69) is 12.2 Å². The molecule has 0 aliphatic heterocycles. The van der Waals surface area contributed by atoms with Crippen molar-refractivity contribution in [1.29, 1.82) is 0 Å². The molecule has 0 saturated carbocycles. The van der Waals surface area contributed by atoms with Crippen molar-refractivity contribution < 1.29 is 9.53 Å². The molecular formula is C12H18O2. The van der Waals surface area contributed by atoms with Gasteiger partial charge in [-0.05, 0) is 25.2 Å². The van der Waals surface area contributed by atoms with Crippen LogP contribution >= 0.6 is 0 Å². The van der Waals surface area contributed by atoms with Crippen molar-refractivity contribution >= 4 is 5.97 Å². The van der Waals surface area contributed by atoms with Gasteiger partial charge in [0.2, 0.25) is 0 Å². The van der Waals surface area contributed by atoms with E-state index in [4.69, 9.17) is 4.74 Å². The van der Waals surface area contributed by atoms with E-state index in [1.165, 1.54) is 0 Å². The van der Waals surface area contributed by atoms with Crippen molar-refractivity contribution in [1.82, 2.24) is 0 Å². The molecule has 0 aromatic carbocycles. The molecule has 1 aliphatic rings. The van der Waals surface area contributed by atoms with E-state index >= 15 is 0 Å². The Labute approximate surface area is 85.6 Å². The first-order chi connectivity index (χ1) is 6.83. The summed E-state index contributed by atoms with van der Waals surface area (Å²) < 4.78 is 5.14. The van der Waals surface area contributed by atoms with Gasteiger partial charge in [-0.15, -0.1) is 0 Å². The van der Waals surface area contributed by atoms with Crippen molar-refractivity contribution in [2.45, 2.75) is 32.6 Å². The summed E-state index contributed by atoms with van der Waals surface area (Å²) >= 11 is 0. The zero-order valence-corrected chi connectivity index (χ0v) is 8.74. The fourth-order valence-corrected chi connectivity index (χ4v) is 1.43. The van der Waals surface area contributed by atoms with Crippen LogP contribution in [0, 0.1) is 5.92 Å². The lowest BCUT2D eigenvalue weighted by molar-refractivity contribution is -0.143. The molecule has 0 amide bonds. The summed E-state index contributed by atoms with van der Waals surface area (Å²) in [5.41, 5.74) is 0. The van der Waals surface area contributed by atoms with Crippen LogP contribution < -0.4 is 0 Å². The second-order valence-corrected chi connectivity index (χ2v) is 3.58. The number of esters is 1. The molecule has 1 rings (SSSR count). The molecule has 14 heavy (non-hydrogen) atoms. The fraction of sp³-hybridized carbons (Fsp3) is 0.583. The van der Waals surface area contributed by atoms with E-state index in [0.29, 0.717) is 18.9 Å². The first-order valence-corrected chi connectivity index (χ1v) is 5.28. The van der Waals surface area contributed by atoms with Crippen molar-refractivity contribution in [3.63, 3.8) is 0 Å². The first-order valence-electron chi connectivity index (χ1n) is 5.28. The molecule has 0 radical (unpaired) electrons. The van der Waals surface area contributed by atoms with E-state index in [1.54, 1.807) is 0 Å². The summed E-state index contributed by atoms with van der Waals surface area (Å²) in [6, 6.07) is 0. The van der Waals surface area contributed by atoms with Gasteiger partial charge in [0.15, 0.2) is 0 Å². The molecule has 0 unspecified atom stereocenters. The van der Waals surface area contributed by atoms with Crippen molar-refractivity contribution in [2.24, 2.45) is 5.92 Å². The number of carbonyl (C=O) groups excluding carboxylic acids is 1. The topological polar surface area (TPSA) is 26.3 Å². The minimum Gasteiger partial charge on any atom is -0.465 e. The third-order valence-electron chi connectivity index (χ3n) is 2.27. The number of allylic oxidation sites excluding steroid dienone is 3. The van der Waals surface area contributed by atoms with Crippen LogP contribution in [0.4, 0.5) is 0 Å². The number of ether oxygens (including phenoxy) is 1. The molecule has 0 aromatic rings. The zero-order valence-electron chi connectivity index (χ0n) is 8.74. The lowest BCUT2D eigenvalue weighted by Gasteiger charge is -2.08. The molecule has 2 heteroatoms. The van der Waals surface area contributed by atoms with Crippen molar-refractivity contribution in [2.75, 3.05) is 6.61 Å². The van der Waals surface area contributed by atoms with E-state index in [0.717, 1.165) is 19.3 Å². The maximum Gasteiger partial charge on any atom is 0.309 e. The largest absolute Gasteiger partial charge is 0.465 e. The lowest BCUT2D eigenvalue weighted by Crippen LogP contribution is -2.11. The van der Waals surface area contributed by atoms with Gasteiger partial charge in [0.25, 0.3) is 0 Å². The monoisotopic (exact) mass is 194 g/mol. The highest BCUT2D eigenvalue weighted by Crippen LogP contribution is 2.17. The highest BCUT2D eigenvalue weighted by molar-refractivity contribution is 5.71. The Hall–Kier alpha value is -1.05. The molecule has 0 atom stereocenters. The number of rotatable bonds is 5. The maximum absolute atomic E-state index is 11.2. The van der Waals surface area contributed by atoms with Gasteiger partial charge in [-0.1, -0.05) is 31.2 Å². The number of carbonyl (C=O) groups is 1. The maximum atomic E-state index is 11.2. The number of hydrogen-bond acceptors (Lipinski definition) is 2. The zero-order chi connectivity index (χ0) is 10.2. The van der Waals surface area contributed by atoms with Gasteiger partial charge >= 0.3 is 5.97 Å². The predicted molar refractivity (Wildman–Crippen MR) is 56.9 cm³/mol. The van der Waals surface area contributed by atoms with Gasteiger partial charge in [0, 0.05) is 0 Å². The Morgan fingerprint density at radius 3 is 2.79 bits per heavy atom. The Morgan fingerprint density at radius 2 is 2.14 bits per heavy atom. The summed E-state index contributed by atoms with van der Waals surface area (Å²) in [6.07, 6.45) is 11.6. The van der Waals surface area contributed by atoms with Crippen LogP contribution in [0.1, 0.15) is 32.6 Å². The van der Waals surface area contributed by atoms with Crippen LogP contribution in [-0.2, 0) is 9.53 Å². The SMILES string of the molecule is CCC=CCC(=O)OCC1CC=CC1. The highest BCUT2D eigenvalue weighted by atomic mass is 16.5. The smallest absolute Gasteiger partial charge is 0.309 e. The molecule has 0 fully saturated rings. The average molecular weight is 194 g/mol. The molecular weight excluding hydrogens is 176 g/mol. The minimum absolute atomic E-state index is 0.110. The predicted octanol–water partition coefficient (Wildman–Crippen LogP) is 2.85. The highest BCUT2D eigenvalue weighted by Gasteiger charge is 2.12. The Morgan fingerprint density at radius 1 is 1.43 bits per heavy atom. The second kappa shape index (κ2) is 6.41. The molecule has 2 nitrogen and oxygen atoms in total. The van der Waals surface area contributed by atoms with Gasteiger partial charge in [-0.3, -0.25) is 4.79 Å². The average Bonchev–Trinajstić information content (AvgIpc) is 2.68. The third kappa shape index (κ3) is 4.26. The van der Waals surface area contributed by atoms with Gasteiger partial charge in [-0.25, -0.2) is 0 Å². The summed E-state index contributed by atoms with van der Waals surface area (Å²) in [5.74, 6) is 0.413. The molecule has 0 saturated heterocycles. The van der Waals surface area contributed by atoms with E-state index in [1.807, 2.05) is 19.1 Å². The van der Waals surface area contributed by atoms with Crippen LogP contribution in [0.2, 0.25) is 0 Å².